The molecule has 3 heteroatoms. The molecule has 1 aromatic rings. The number of aliphatic hydroxyl groups excluding tert-OH is 1. The molecular formula is C15H19ClO2. The summed E-state index contributed by atoms with van der Waals surface area (Å²) < 4.78 is 5.90. The minimum atomic E-state index is -0.0212. The summed E-state index contributed by atoms with van der Waals surface area (Å²) in [6, 6.07) is 5.52. The first-order chi connectivity index (χ1) is 8.78. The van der Waals surface area contributed by atoms with Gasteiger partial charge in [-0.3, -0.25) is 0 Å². The Bertz CT molecular complexity index is 433. The average molecular weight is 267 g/mol. The minimum absolute atomic E-state index is 0.0212. The van der Waals surface area contributed by atoms with Crippen molar-refractivity contribution in [3.05, 3.63) is 28.8 Å². The van der Waals surface area contributed by atoms with Crippen molar-refractivity contribution in [2.24, 2.45) is 17.8 Å². The van der Waals surface area contributed by atoms with E-state index in [1.807, 2.05) is 18.2 Å². The molecule has 2 aliphatic carbocycles. The van der Waals surface area contributed by atoms with Gasteiger partial charge in [0.2, 0.25) is 0 Å². The van der Waals surface area contributed by atoms with E-state index in [9.17, 15) is 5.11 Å². The highest BCUT2D eigenvalue weighted by molar-refractivity contribution is 6.32. The second-order valence-corrected chi connectivity index (χ2v) is 6.04. The molecule has 2 fully saturated rings. The number of hydrogen-bond acceptors (Lipinski definition) is 2. The van der Waals surface area contributed by atoms with E-state index in [1.54, 1.807) is 0 Å². The first-order valence-electron chi connectivity index (χ1n) is 6.79. The van der Waals surface area contributed by atoms with Crippen LogP contribution < -0.4 is 4.74 Å². The number of aliphatic hydroxyl groups is 1. The summed E-state index contributed by atoms with van der Waals surface area (Å²) in [7, 11) is 0. The van der Waals surface area contributed by atoms with E-state index in [4.69, 9.17) is 16.3 Å². The second kappa shape index (κ2) is 5.10. The van der Waals surface area contributed by atoms with E-state index < -0.39 is 0 Å². The number of fused-ring (bicyclic) bond motifs is 2. The van der Waals surface area contributed by atoms with Crippen LogP contribution >= 0.6 is 11.6 Å². The van der Waals surface area contributed by atoms with Crippen LogP contribution in [-0.2, 0) is 6.61 Å². The normalized spacial score (nSPS) is 29.8. The van der Waals surface area contributed by atoms with Gasteiger partial charge in [0.05, 0.1) is 18.2 Å². The van der Waals surface area contributed by atoms with Crippen LogP contribution in [0.4, 0.5) is 0 Å². The highest BCUT2D eigenvalue weighted by Gasteiger charge is 2.39. The fourth-order valence-electron chi connectivity index (χ4n) is 3.61. The average Bonchev–Trinajstić information content (AvgIpc) is 2.99. The highest BCUT2D eigenvalue weighted by Crippen LogP contribution is 2.48. The Morgan fingerprint density at radius 1 is 1.28 bits per heavy atom. The number of rotatable bonds is 4. The van der Waals surface area contributed by atoms with Crippen molar-refractivity contribution in [3.63, 3.8) is 0 Å². The lowest BCUT2D eigenvalue weighted by Gasteiger charge is -2.22. The summed E-state index contributed by atoms with van der Waals surface area (Å²) in [4.78, 5) is 0. The molecule has 98 valence electrons. The smallest absolute Gasteiger partial charge is 0.143 e. The van der Waals surface area contributed by atoms with E-state index in [0.717, 1.165) is 24.0 Å². The molecule has 3 rings (SSSR count). The van der Waals surface area contributed by atoms with Crippen molar-refractivity contribution in [1.29, 1.82) is 0 Å². The Hall–Kier alpha value is -0.730. The molecule has 0 aliphatic heterocycles. The molecule has 2 nitrogen and oxygen atoms in total. The van der Waals surface area contributed by atoms with Gasteiger partial charge in [-0.15, -0.1) is 0 Å². The van der Waals surface area contributed by atoms with Crippen LogP contribution in [0.3, 0.4) is 0 Å². The maximum Gasteiger partial charge on any atom is 0.143 e. The zero-order valence-corrected chi connectivity index (χ0v) is 11.2. The van der Waals surface area contributed by atoms with E-state index in [2.05, 4.69) is 0 Å². The molecule has 0 radical (unpaired) electrons. The third kappa shape index (κ3) is 2.24. The summed E-state index contributed by atoms with van der Waals surface area (Å²) in [5, 5.41) is 9.90. The predicted octanol–water partition coefficient (Wildman–Crippen LogP) is 3.65. The van der Waals surface area contributed by atoms with Gasteiger partial charge in [-0.05, 0) is 43.1 Å². The highest BCUT2D eigenvalue weighted by atomic mass is 35.5. The molecule has 2 saturated carbocycles. The van der Waals surface area contributed by atoms with E-state index in [0.29, 0.717) is 16.7 Å². The second-order valence-electron chi connectivity index (χ2n) is 5.63. The Kier molecular flexibility index (Phi) is 3.49. The predicted molar refractivity (Wildman–Crippen MR) is 71.8 cm³/mol. The molecule has 18 heavy (non-hydrogen) atoms. The van der Waals surface area contributed by atoms with Crippen molar-refractivity contribution >= 4 is 11.6 Å². The summed E-state index contributed by atoms with van der Waals surface area (Å²) in [5.41, 5.74) is 0.783. The topological polar surface area (TPSA) is 29.5 Å². The van der Waals surface area contributed by atoms with Crippen molar-refractivity contribution < 1.29 is 9.84 Å². The Morgan fingerprint density at radius 2 is 2.17 bits per heavy atom. The summed E-state index contributed by atoms with van der Waals surface area (Å²) >= 11 is 6.14. The number of para-hydroxylation sites is 1. The zero-order valence-electron chi connectivity index (χ0n) is 10.4. The standard InChI is InChI=1S/C15H19ClO2/c16-14-3-1-2-12(8-17)15(14)18-9-13-7-10-4-5-11(13)6-10/h1-3,10-11,13,17H,4-9H2. The van der Waals surface area contributed by atoms with Gasteiger partial charge in [-0.25, -0.2) is 0 Å². The third-order valence-electron chi connectivity index (χ3n) is 4.55. The van der Waals surface area contributed by atoms with Gasteiger partial charge in [0.15, 0.2) is 0 Å². The number of benzene rings is 1. The molecule has 0 heterocycles. The van der Waals surface area contributed by atoms with Gasteiger partial charge in [0, 0.05) is 5.56 Å². The van der Waals surface area contributed by atoms with Gasteiger partial charge in [-0.2, -0.15) is 0 Å². The molecule has 3 unspecified atom stereocenters. The Morgan fingerprint density at radius 3 is 2.83 bits per heavy atom. The molecule has 0 saturated heterocycles. The van der Waals surface area contributed by atoms with Gasteiger partial charge >= 0.3 is 0 Å². The molecule has 2 bridgehead atoms. The van der Waals surface area contributed by atoms with Crippen molar-refractivity contribution in [2.75, 3.05) is 6.61 Å². The maximum atomic E-state index is 9.30. The van der Waals surface area contributed by atoms with Crippen LogP contribution in [0.2, 0.25) is 5.02 Å². The SMILES string of the molecule is OCc1cccc(Cl)c1OCC1CC2CCC1C2. The molecule has 0 spiro atoms. The van der Waals surface area contributed by atoms with E-state index in [-0.39, 0.29) is 6.61 Å². The van der Waals surface area contributed by atoms with Crippen molar-refractivity contribution in [2.45, 2.75) is 32.3 Å². The van der Waals surface area contributed by atoms with Crippen LogP contribution in [0.15, 0.2) is 18.2 Å². The first kappa shape index (κ1) is 12.3. The van der Waals surface area contributed by atoms with Crippen LogP contribution in [0.5, 0.6) is 5.75 Å². The summed E-state index contributed by atoms with van der Waals surface area (Å²) in [6.45, 7) is 0.727. The van der Waals surface area contributed by atoms with Crippen LogP contribution in [0.1, 0.15) is 31.2 Å². The van der Waals surface area contributed by atoms with Crippen LogP contribution in [-0.4, -0.2) is 11.7 Å². The number of hydrogen-bond donors (Lipinski definition) is 1. The van der Waals surface area contributed by atoms with Crippen molar-refractivity contribution in [1.82, 2.24) is 0 Å². The zero-order chi connectivity index (χ0) is 12.5. The van der Waals surface area contributed by atoms with E-state index >= 15 is 0 Å². The molecule has 1 N–H and O–H groups in total. The Labute approximate surface area is 113 Å². The molecule has 0 aromatic heterocycles. The number of halogens is 1. The third-order valence-corrected chi connectivity index (χ3v) is 4.84. The Balaban J connectivity index is 1.66. The molecule has 2 aliphatic rings. The monoisotopic (exact) mass is 266 g/mol. The van der Waals surface area contributed by atoms with Gasteiger partial charge < -0.3 is 9.84 Å². The lowest BCUT2D eigenvalue weighted by atomic mass is 9.89. The fraction of sp³-hybridized carbons (Fsp3) is 0.600. The van der Waals surface area contributed by atoms with Crippen molar-refractivity contribution in [3.8, 4) is 5.75 Å². The van der Waals surface area contributed by atoms with Gasteiger partial charge in [0.1, 0.15) is 5.75 Å². The first-order valence-corrected chi connectivity index (χ1v) is 7.16. The maximum absolute atomic E-state index is 9.30. The fourth-order valence-corrected chi connectivity index (χ4v) is 3.86. The molecular weight excluding hydrogens is 248 g/mol. The minimum Gasteiger partial charge on any atom is -0.491 e. The van der Waals surface area contributed by atoms with Gasteiger partial charge in [0.25, 0.3) is 0 Å². The van der Waals surface area contributed by atoms with Gasteiger partial charge in [-0.1, -0.05) is 30.2 Å². The van der Waals surface area contributed by atoms with Crippen LogP contribution in [0.25, 0.3) is 0 Å². The lowest BCUT2D eigenvalue weighted by Crippen LogP contribution is -2.19. The summed E-state index contributed by atoms with van der Waals surface area (Å²) in [6.07, 6.45) is 5.48. The molecule has 3 atom stereocenters. The molecule has 0 amide bonds. The lowest BCUT2D eigenvalue weighted by molar-refractivity contribution is 0.189. The van der Waals surface area contributed by atoms with Crippen LogP contribution in [0, 0.1) is 17.8 Å². The number of ether oxygens (including phenoxy) is 1. The van der Waals surface area contributed by atoms with E-state index in [1.165, 1.54) is 25.7 Å². The molecule has 1 aromatic carbocycles. The quantitative estimate of drug-likeness (QED) is 0.901. The largest absolute Gasteiger partial charge is 0.491 e. The summed E-state index contributed by atoms with van der Waals surface area (Å²) in [5.74, 6) is 3.15.